The van der Waals surface area contributed by atoms with Crippen molar-refractivity contribution in [1.82, 2.24) is 14.8 Å². The summed E-state index contributed by atoms with van der Waals surface area (Å²) in [5, 5.41) is 3.96. The van der Waals surface area contributed by atoms with Crippen LogP contribution in [0.15, 0.2) is 35.2 Å². The van der Waals surface area contributed by atoms with E-state index >= 15 is 0 Å². The molecule has 0 radical (unpaired) electrons. The maximum Gasteiger partial charge on any atom is 0.417 e. The molecule has 0 unspecified atom stereocenters. The fourth-order valence-electron chi connectivity index (χ4n) is 1.12. The highest BCUT2D eigenvalue weighted by Crippen LogP contribution is 2.28. The monoisotopic (exact) mass is 291 g/mol. The second kappa shape index (κ2) is 3.89. The van der Waals surface area contributed by atoms with Gasteiger partial charge in [-0.3, -0.25) is 0 Å². The number of alkyl halides is 3. The Morgan fingerprint density at radius 1 is 1.19 bits per heavy atom. The van der Waals surface area contributed by atoms with Crippen molar-refractivity contribution in [1.29, 1.82) is 0 Å². The van der Waals surface area contributed by atoms with E-state index in [1.807, 2.05) is 0 Å². The van der Waals surface area contributed by atoms with Crippen LogP contribution in [0.2, 0.25) is 0 Å². The Morgan fingerprint density at radius 2 is 1.94 bits per heavy atom. The van der Waals surface area contributed by atoms with Crippen molar-refractivity contribution in [2.24, 2.45) is 0 Å². The first-order chi connectivity index (χ1) is 7.47. The lowest BCUT2D eigenvalue weighted by Gasteiger charge is -2.06. The molecule has 0 spiro atoms. The summed E-state index contributed by atoms with van der Waals surface area (Å²) in [5.41, 5.74) is -0.775. The van der Waals surface area contributed by atoms with Crippen molar-refractivity contribution in [2.45, 2.75) is 6.18 Å². The van der Waals surface area contributed by atoms with Crippen molar-refractivity contribution in [2.75, 3.05) is 0 Å². The molecule has 0 bridgehead atoms. The summed E-state index contributed by atoms with van der Waals surface area (Å²) in [6, 6.07) is 3.90. The van der Waals surface area contributed by atoms with Gasteiger partial charge in [0.1, 0.15) is 4.60 Å². The predicted molar refractivity (Wildman–Crippen MR) is 54.1 cm³/mol. The minimum Gasteiger partial charge on any atom is -0.237 e. The number of aromatic nitrogens is 3. The molecule has 0 amide bonds. The Hall–Kier alpha value is -1.37. The minimum absolute atomic E-state index is 0.332. The molecule has 0 aromatic carbocycles. The zero-order valence-corrected chi connectivity index (χ0v) is 9.33. The summed E-state index contributed by atoms with van der Waals surface area (Å²) in [6.45, 7) is 0. The van der Waals surface area contributed by atoms with Crippen LogP contribution in [0.1, 0.15) is 5.56 Å². The van der Waals surface area contributed by atoms with Gasteiger partial charge in [0, 0.05) is 12.4 Å². The number of nitrogens with zero attached hydrogens (tertiary/aromatic N) is 3. The first-order valence-corrected chi connectivity index (χ1v) is 5.01. The van der Waals surface area contributed by atoms with Gasteiger partial charge in [0.15, 0.2) is 5.82 Å². The number of halogens is 4. The van der Waals surface area contributed by atoms with E-state index in [0.717, 1.165) is 12.3 Å². The highest BCUT2D eigenvalue weighted by molar-refractivity contribution is 9.10. The fourth-order valence-corrected chi connectivity index (χ4v) is 1.41. The van der Waals surface area contributed by atoms with Crippen LogP contribution in [-0.2, 0) is 6.18 Å². The fraction of sp³-hybridized carbons (Fsp3) is 0.111. The Labute approximate surface area is 97.0 Å². The Kier molecular flexibility index (Phi) is 2.71. The van der Waals surface area contributed by atoms with Crippen LogP contribution >= 0.6 is 15.9 Å². The van der Waals surface area contributed by atoms with Crippen molar-refractivity contribution < 1.29 is 13.2 Å². The van der Waals surface area contributed by atoms with Crippen LogP contribution in [0, 0.1) is 0 Å². The number of pyridine rings is 1. The third kappa shape index (κ3) is 2.24. The quantitative estimate of drug-likeness (QED) is 0.808. The lowest BCUT2D eigenvalue weighted by atomic mass is 10.3. The molecule has 84 valence electrons. The highest BCUT2D eigenvalue weighted by Gasteiger charge is 2.30. The first kappa shape index (κ1) is 11.1. The normalized spacial score (nSPS) is 11.8. The molecular formula is C9H5BrF3N3. The third-order valence-electron chi connectivity index (χ3n) is 1.87. The van der Waals surface area contributed by atoms with Crippen LogP contribution in [0.5, 0.6) is 0 Å². The van der Waals surface area contributed by atoms with Gasteiger partial charge in [-0.25, -0.2) is 9.67 Å². The Balaban J connectivity index is 2.33. The molecule has 0 aliphatic rings. The van der Waals surface area contributed by atoms with Gasteiger partial charge in [-0.1, -0.05) is 0 Å². The van der Waals surface area contributed by atoms with Gasteiger partial charge in [-0.15, -0.1) is 0 Å². The zero-order chi connectivity index (χ0) is 11.8. The van der Waals surface area contributed by atoms with E-state index < -0.39 is 11.7 Å². The van der Waals surface area contributed by atoms with Gasteiger partial charge in [0.25, 0.3) is 0 Å². The van der Waals surface area contributed by atoms with Crippen molar-refractivity contribution in [3.05, 3.63) is 40.8 Å². The molecule has 2 aromatic rings. The molecule has 16 heavy (non-hydrogen) atoms. The summed E-state index contributed by atoms with van der Waals surface area (Å²) < 4.78 is 38.7. The van der Waals surface area contributed by atoms with E-state index in [4.69, 9.17) is 0 Å². The summed E-state index contributed by atoms with van der Waals surface area (Å²) >= 11 is 3.14. The average molecular weight is 292 g/mol. The van der Waals surface area contributed by atoms with Gasteiger partial charge in [-0.2, -0.15) is 18.3 Å². The SMILES string of the molecule is FC(F)(F)c1ccc(-n2ccc(Br)n2)nc1. The second-order valence-electron chi connectivity index (χ2n) is 2.99. The van der Waals surface area contributed by atoms with E-state index in [0.29, 0.717) is 10.4 Å². The van der Waals surface area contributed by atoms with Crippen molar-refractivity contribution in [3.8, 4) is 5.82 Å². The van der Waals surface area contributed by atoms with Gasteiger partial charge in [-0.05, 0) is 34.1 Å². The third-order valence-corrected chi connectivity index (χ3v) is 2.29. The minimum atomic E-state index is -4.36. The predicted octanol–water partition coefficient (Wildman–Crippen LogP) is 3.05. The summed E-state index contributed by atoms with van der Waals surface area (Å²) in [5.74, 6) is 0.332. The van der Waals surface area contributed by atoms with E-state index in [9.17, 15) is 13.2 Å². The van der Waals surface area contributed by atoms with Gasteiger partial charge in [0.05, 0.1) is 5.56 Å². The van der Waals surface area contributed by atoms with E-state index in [-0.39, 0.29) is 0 Å². The topological polar surface area (TPSA) is 30.7 Å². The highest BCUT2D eigenvalue weighted by atomic mass is 79.9. The first-order valence-electron chi connectivity index (χ1n) is 4.21. The van der Waals surface area contributed by atoms with Gasteiger partial charge >= 0.3 is 6.18 Å². The Morgan fingerprint density at radius 3 is 2.38 bits per heavy atom. The molecule has 2 heterocycles. The van der Waals surface area contributed by atoms with Gasteiger partial charge < -0.3 is 0 Å². The summed E-state index contributed by atoms with van der Waals surface area (Å²) in [6.07, 6.45) is -1.99. The molecule has 0 saturated heterocycles. The molecule has 7 heteroatoms. The molecule has 0 aliphatic carbocycles. The molecule has 0 saturated carbocycles. The molecule has 0 fully saturated rings. The van der Waals surface area contributed by atoms with Crippen LogP contribution < -0.4 is 0 Å². The molecule has 2 rings (SSSR count). The molecule has 0 N–H and O–H groups in total. The summed E-state index contributed by atoms with van der Waals surface area (Å²) in [7, 11) is 0. The summed E-state index contributed by atoms with van der Waals surface area (Å²) in [4.78, 5) is 3.69. The largest absolute Gasteiger partial charge is 0.417 e. The Bertz CT molecular complexity index is 489. The number of rotatable bonds is 1. The second-order valence-corrected chi connectivity index (χ2v) is 3.80. The number of hydrogen-bond acceptors (Lipinski definition) is 2. The van der Waals surface area contributed by atoms with Crippen LogP contribution in [0.25, 0.3) is 5.82 Å². The van der Waals surface area contributed by atoms with Crippen molar-refractivity contribution in [3.63, 3.8) is 0 Å². The van der Waals surface area contributed by atoms with Crippen LogP contribution in [0.3, 0.4) is 0 Å². The average Bonchev–Trinajstić information content (AvgIpc) is 2.64. The molecule has 0 aliphatic heterocycles. The van der Waals surface area contributed by atoms with Crippen molar-refractivity contribution >= 4 is 15.9 Å². The lowest BCUT2D eigenvalue weighted by molar-refractivity contribution is -0.137. The lowest BCUT2D eigenvalue weighted by Crippen LogP contribution is -2.06. The maximum absolute atomic E-state index is 12.3. The molecular weight excluding hydrogens is 287 g/mol. The maximum atomic E-state index is 12.3. The van der Waals surface area contributed by atoms with Crippen LogP contribution in [0.4, 0.5) is 13.2 Å². The van der Waals surface area contributed by atoms with Gasteiger partial charge in [0.2, 0.25) is 0 Å². The molecule has 3 nitrogen and oxygen atoms in total. The van der Waals surface area contributed by atoms with E-state index in [1.54, 1.807) is 12.3 Å². The smallest absolute Gasteiger partial charge is 0.237 e. The molecule has 2 aromatic heterocycles. The van der Waals surface area contributed by atoms with Crippen LogP contribution in [-0.4, -0.2) is 14.8 Å². The standard InChI is InChI=1S/C9H5BrF3N3/c10-7-3-4-16(15-7)8-2-1-6(5-14-8)9(11,12)13/h1-5H. The van der Waals surface area contributed by atoms with E-state index in [1.165, 1.54) is 10.7 Å². The number of hydrogen-bond donors (Lipinski definition) is 0. The molecule has 0 atom stereocenters. The zero-order valence-electron chi connectivity index (χ0n) is 7.74. The van der Waals surface area contributed by atoms with E-state index in [2.05, 4.69) is 26.0 Å².